The molecule has 0 bridgehead atoms. The zero-order valence-electron chi connectivity index (χ0n) is 14.5. The Kier molecular flexibility index (Phi) is 6.67. The summed E-state index contributed by atoms with van der Waals surface area (Å²) in [5, 5.41) is 3.02. The van der Waals surface area contributed by atoms with E-state index in [4.69, 9.17) is 9.47 Å². The Hall–Kier alpha value is -2.49. The van der Waals surface area contributed by atoms with Crippen LogP contribution in [0.2, 0.25) is 0 Å². The summed E-state index contributed by atoms with van der Waals surface area (Å²) in [6.45, 7) is 4.47. The standard InChI is InChI=1S/C20H25NO3/c1-4-8-15(2)21-20(22)16-11-12-19(23-3)17(13-16)14-24-18-9-6-5-7-10-18/h5-7,9-13,15H,4,8,14H2,1-3H3,(H,21,22). The summed E-state index contributed by atoms with van der Waals surface area (Å²) in [4.78, 5) is 12.4. The van der Waals surface area contributed by atoms with Crippen LogP contribution < -0.4 is 14.8 Å². The van der Waals surface area contributed by atoms with E-state index < -0.39 is 0 Å². The van der Waals surface area contributed by atoms with E-state index in [9.17, 15) is 4.79 Å². The minimum absolute atomic E-state index is 0.0698. The quantitative estimate of drug-likeness (QED) is 0.791. The molecule has 2 aromatic rings. The first-order chi connectivity index (χ1) is 11.6. The number of carbonyl (C=O) groups excluding carboxylic acids is 1. The Balaban J connectivity index is 2.10. The lowest BCUT2D eigenvalue weighted by Crippen LogP contribution is -2.32. The molecule has 2 rings (SSSR count). The molecular weight excluding hydrogens is 302 g/mol. The molecule has 128 valence electrons. The van der Waals surface area contributed by atoms with Crippen molar-refractivity contribution in [2.75, 3.05) is 7.11 Å². The number of carbonyl (C=O) groups is 1. The van der Waals surface area contributed by atoms with Gasteiger partial charge in [-0.1, -0.05) is 31.5 Å². The van der Waals surface area contributed by atoms with Gasteiger partial charge in [-0.15, -0.1) is 0 Å². The maximum Gasteiger partial charge on any atom is 0.251 e. The van der Waals surface area contributed by atoms with E-state index in [2.05, 4.69) is 12.2 Å². The Morgan fingerprint density at radius 1 is 1.17 bits per heavy atom. The van der Waals surface area contributed by atoms with Gasteiger partial charge in [0.15, 0.2) is 0 Å². The number of benzene rings is 2. The van der Waals surface area contributed by atoms with Crippen molar-refractivity contribution < 1.29 is 14.3 Å². The van der Waals surface area contributed by atoms with Crippen LogP contribution in [0.15, 0.2) is 48.5 Å². The molecular formula is C20H25NO3. The Morgan fingerprint density at radius 3 is 2.58 bits per heavy atom. The molecule has 0 aliphatic rings. The number of methoxy groups -OCH3 is 1. The second kappa shape index (κ2) is 8.96. The fraction of sp³-hybridized carbons (Fsp3) is 0.350. The van der Waals surface area contributed by atoms with E-state index >= 15 is 0 Å². The minimum atomic E-state index is -0.0698. The van der Waals surface area contributed by atoms with Crippen LogP contribution in [0.4, 0.5) is 0 Å². The smallest absolute Gasteiger partial charge is 0.251 e. The monoisotopic (exact) mass is 327 g/mol. The van der Waals surface area contributed by atoms with Crippen molar-refractivity contribution in [3.63, 3.8) is 0 Å². The molecule has 0 aliphatic carbocycles. The summed E-state index contributed by atoms with van der Waals surface area (Å²) >= 11 is 0. The van der Waals surface area contributed by atoms with Crippen LogP contribution in [0.1, 0.15) is 42.6 Å². The Morgan fingerprint density at radius 2 is 1.92 bits per heavy atom. The van der Waals surface area contributed by atoms with E-state index in [1.54, 1.807) is 13.2 Å². The molecule has 0 radical (unpaired) electrons. The molecule has 0 fully saturated rings. The molecule has 1 amide bonds. The molecule has 1 atom stereocenters. The zero-order chi connectivity index (χ0) is 17.4. The van der Waals surface area contributed by atoms with Crippen LogP contribution in [0.5, 0.6) is 11.5 Å². The van der Waals surface area contributed by atoms with Crippen molar-refractivity contribution in [3.05, 3.63) is 59.7 Å². The predicted octanol–water partition coefficient (Wildman–Crippen LogP) is 4.19. The average Bonchev–Trinajstić information content (AvgIpc) is 2.60. The number of ether oxygens (including phenoxy) is 2. The molecule has 0 aromatic heterocycles. The number of amides is 1. The van der Waals surface area contributed by atoms with Gasteiger partial charge in [0.2, 0.25) is 0 Å². The summed E-state index contributed by atoms with van der Waals surface area (Å²) in [7, 11) is 1.62. The van der Waals surface area contributed by atoms with Crippen molar-refractivity contribution in [2.45, 2.75) is 39.3 Å². The van der Waals surface area contributed by atoms with Crippen molar-refractivity contribution in [1.82, 2.24) is 5.32 Å². The molecule has 2 aromatic carbocycles. The average molecular weight is 327 g/mol. The molecule has 4 heteroatoms. The minimum Gasteiger partial charge on any atom is -0.496 e. The second-order valence-electron chi connectivity index (χ2n) is 5.79. The van der Waals surface area contributed by atoms with Gasteiger partial charge in [-0.05, 0) is 43.7 Å². The van der Waals surface area contributed by atoms with Crippen LogP contribution in [0, 0.1) is 0 Å². The lowest BCUT2D eigenvalue weighted by atomic mass is 10.1. The first-order valence-electron chi connectivity index (χ1n) is 8.29. The van der Waals surface area contributed by atoms with Gasteiger partial charge >= 0.3 is 0 Å². The van der Waals surface area contributed by atoms with E-state index in [-0.39, 0.29) is 11.9 Å². The summed E-state index contributed by atoms with van der Waals surface area (Å²) in [5.74, 6) is 1.43. The first kappa shape index (κ1) is 17.9. The highest BCUT2D eigenvalue weighted by Crippen LogP contribution is 2.22. The lowest BCUT2D eigenvalue weighted by Gasteiger charge is -2.15. The van der Waals surface area contributed by atoms with Gasteiger partial charge in [0.25, 0.3) is 5.91 Å². The summed E-state index contributed by atoms with van der Waals surface area (Å²) in [6, 6.07) is 15.2. The molecule has 24 heavy (non-hydrogen) atoms. The highest BCUT2D eigenvalue weighted by atomic mass is 16.5. The van der Waals surface area contributed by atoms with Gasteiger partial charge in [-0.25, -0.2) is 0 Å². The number of para-hydroxylation sites is 1. The lowest BCUT2D eigenvalue weighted by molar-refractivity contribution is 0.0938. The fourth-order valence-electron chi connectivity index (χ4n) is 2.52. The highest BCUT2D eigenvalue weighted by Gasteiger charge is 2.13. The molecule has 0 spiro atoms. The maximum absolute atomic E-state index is 12.4. The van der Waals surface area contributed by atoms with Crippen LogP contribution >= 0.6 is 0 Å². The zero-order valence-corrected chi connectivity index (χ0v) is 14.5. The van der Waals surface area contributed by atoms with Gasteiger partial charge in [0.1, 0.15) is 18.1 Å². The first-order valence-corrected chi connectivity index (χ1v) is 8.29. The molecule has 0 heterocycles. The predicted molar refractivity (Wildman–Crippen MR) is 95.6 cm³/mol. The molecule has 4 nitrogen and oxygen atoms in total. The second-order valence-corrected chi connectivity index (χ2v) is 5.79. The Labute approximate surface area is 143 Å². The van der Waals surface area contributed by atoms with Crippen molar-refractivity contribution in [1.29, 1.82) is 0 Å². The number of hydrogen-bond acceptors (Lipinski definition) is 3. The van der Waals surface area contributed by atoms with Crippen molar-refractivity contribution in [3.8, 4) is 11.5 Å². The summed E-state index contributed by atoms with van der Waals surface area (Å²) in [6.07, 6.45) is 2.01. The molecule has 0 aliphatic heterocycles. The number of nitrogens with one attached hydrogen (secondary N) is 1. The van der Waals surface area contributed by atoms with Crippen molar-refractivity contribution in [2.24, 2.45) is 0 Å². The molecule has 0 saturated carbocycles. The van der Waals surface area contributed by atoms with Crippen molar-refractivity contribution >= 4 is 5.91 Å². The summed E-state index contributed by atoms with van der Waals surface area (Å²) in [5.41, 5.74) is 1.46. The number of rotatable bonds is 8. The van der Waals surface area contributed by atoms with Crippen LogP contribution in [0.3, 0.4) is 0 Å². The van der Waals surface area contributed by atoms with Crippen LogP contribution in [-0.2, 0) is 6.61 Å². The molecule has 0 saturated heterocycles. The topological polar surface area (TPSA) is 47.6 Å². The van der Waals surface area contributed by atoms with E-state index in [1.807, 2.05) is 49.4 Å². The molecule has 1 N–H and O–H groups in total. The van der Waals surface area contributed by atoms with Gasteiger partial charge in [-0.3, -0.25) is 4.79 Å². The van der Waals surface area contributed by atoms with E-state index in [1.165, 1.54) is 0 Å². The van der Waals surface area contributed by atoms with E-state index in [0.29, 0.717) is 17.9 Å². The maximum atomic E-state index is 12.4. The third-order valence-electron chi connectivity index (χ3n) is 3.78. The van der Waals surface area contributed by atoms with Gasteiger partial charge in [-0.2, -0.15) is 0 Å². The molecule has 1 unspecified atom stereocenters. The third kappa shape index (κ3) is 5.01. The fourth-order valence-corrected chi connectivity index (χ4v) is 2.52. The van der Waals surface area contributed by atoms with Gasteiger partial charge in [0.05, 0.1) is 7.11 Å². The Bertz CT molecular complexity index is 655. The SMILES string of the molecule is CCCC(C)NC(=O)c1ccc(OC)c(COc2ccccc2)c1. The van der Waals surface area contributed by atoms with Crippen LogP contribution in [0.25, 0.3) is 0 Å². The van der Waals surface area contributed by atoms with Gasteiger partial charge in [0, 0.05) is 17.2 Å². The summed E-state index contributed by atoms with van der Waals surface area (Å²) < 4.78 is 11.2. The number of hydrogen-bond donors (Lipinski definition) is 1. The third-order valence-corrected chi connectivity index (χ3v) is 3.78. The highest BCUT2D eigenvalue weighted by molar-refractivity contribution is 5.94. The van der Waals surface area contributed by atoms with E-state index in [0.717, 1.165) is 24.2 Å². The largest absolute Gasteiger partial charge is 0.496 e. The normalized spacial score (nSPS) is 11.6. The van der Waals surface area contributed by atoms with Gasteiger partial charge < -0.3 is 14.8 Å². The van der Waals surface area contributed by atoms with Crippen LogP contribution in [-0.4, -0.2) is 19.1 Å².